The molecule has 1 aliphatic heterocycles. The molecule has 0 unspecified atom stereocenters. The Kier molecular flexibility index (Phi) is 6.44. The molecular formula is C24H27N3O3. The van der Waals surface area contributed by atoms with Crippen molar-refractivity contribution >= 4 is 5.91 Å². The Morgan fingerprint density at radius 1 is 1.13 bits per heavy atom. The lowest BCUT2D eigenvalue weighted by Crippen LogP contribution is -2.36. The number of hydrogen-bond acceptors (Lipinski definition) is 5. The highest BCUT2D eigenvalue weighted by molar-refractivity contribution is 5.93. The van der Waals surface area contributed by atoms with Gasteiger partial charge < -0.3 is 14.6 Å². The standard InChI is InChI=1S/C24H27N3O3/c1-2-29-20-12-10-18(11-13-20)22(27-14-6-7-15-27)17-25-24(28)21-16-23(30-26-21)19-8-4-3-5-9-19/h3-5,8-13,16,22H,2,6-7,14-15,17H2,1H3,(H,25,28)/t22-/m1/s1. The highest BCUT2D eigenvalue weighted by atomic mass is 16.5. The zero-order chi connectivity index (χ0) is 20.8. The van der Waals surface area contributed by atoms with Gasteiger partial charge in [0, 0.05) is 18.2 Å². The quantitative estimate of drug-likeness (QED) is 0.605. The predicted molar refractivity (Wildman–Crippen MR) is 115 cm³/mol. The molecule has 1 amide bonds. The first kappa shape index (κ1) is 20.2. The van der Waals surface area contributed by atoms with E-state index in [2.05, 4.69) is 27.5 Å². The minimum absolute atomic E-state index is 0.118. The van der Waals surface area contributed by atoms with E-state index in [1.54, 1.807) is 6.07 Å². The summed E-state index contributed by atoms with van der Waals surface area (Å²) < 4.78 is 10.9. The highest BCUT2D eigenvalue weighted by Gasteiger charge is 2.25. The Hall–Kier alpha value is -3.12. The molecule has 4 rings (SSSR count). The second-order valence-electron chi connectivity index (χ2n) is 7.41. The topological polar surface area (TPSA) is 67.6 Å². The minimum atomic E-state index is -0.226. The monoisotopic (exact) mass is 405 g/mol. The summed E-state index contributed by atoms with van der Waals surface area (Å²) in [6.07, 6.45) is 2.37. The molecule has 1 aromatic heterocycles. The SMILES string of the molecule is CCOc1ccc([C@@H](CNC(=O)c2cc(-c3ccccc3)on2)N2CCCC2)cc1. The Labute approximate surface area is 176 Å². The van der Waals surface area contributed by atoms with Crippen LogP contribution >= 0.6 is 0 Å². The third kappa shape index (κ3) is 4.71. The molecule has 1 aliphatic rings. The van der Waals surface area contributed by atoms with Crippen LogP contribution in [0.4, 0.5) is 0 Å². The summed E-state index contributed by atoms with van der Waals surface area (Å²) in [5.74, 6) is 1.22. The molecule has 156 valence electrons. The first-order valence-corrected chi connectivity index (χ1v) is 10.5. The minimum Gasteiger partial charge on any atom is -0.494 e. The van der Waals surface area contributed by atoms with E-state index in [1.165, 1.54) is 18.4 Å². The van der Waals surface area contributed by atoms with Crippen LogP contribution in [0, 0.1) is 0 Å². The third-order valence-corrected chi connectivity index (χ3v) is 5.41. The molecule has 0 saturated carbocycles. The van der Waals surface area contributed by atoms with E-state index in [0.717, 1.165) is 24.4 Å². The summed E-state index contributed by atoms with van der Waals surface area (Å²) in [6.45, 7) is 5.21. The average molecular weight is 405 g/mol. The Morgan fingerprint density at radius 3 is 2.57 bits per heavy atom. The van der Waals surface area contributed by atoms with Crippen LogP contribution in [-0.2, 0) is 0 Å². The van der Waals surface area contributed by atoms with Crippen LogP contribution in [0.25, 0.3) is 11.3 Å². The summed E-state index contributed by atoms with van der Waals surface area (Å²) >= 11 is 0. The molecule has 3 aromatic rings. The van der Waals surface area contributed by atoms with Crippen molar-refractivity contribution < 1.29 is 14.1 Å². The molecule has 2 aromatic carbocycles. The van der Waals surface area contributed by atoms with Gasteiger partial charge in [-0.2, -0.15) is 0 Å². The van der Waals surface area contributed by atoms with Gasteiger partial charge in [-0.15, -0.1) is 0 Å². The molecular weight excluding hydrogens is 378 g/mol. The van der Waals surface area contributed by atoms with Crippen LogP contribution < -0.4 is 10.1 Å². The van der Waals surface area contributed by atoms with E-state index >= 15 is 0 Å². The number of ether oxygens (including phenoxy) is 1. The van der Waals surface area contributed by atoms with E-state index in [-0.39, 0.29) is 11.9 Å². The summed E-state index contributed by atoms with van der Waals surface area (Å²) in [7, 11) is 0. The zero-order valence-electron chi connectivity index (χ0n) is 17.2. The van der Waals surface area contributed by atoms with Crippen molar-refractivity contribution in [1.29, 1.82) is 0 Å². The third-order valence-electron chi connectivity index (χ3n) is 5.41. The molecule has 0 bridgehead atoms. The van der Waals surface area contributed by atoms with Crippen LogP contribution in [-0.4, -0.2) is 42.2 Å². The van der Waals surface area contributed by atoms with Crippen molar-refractivity contribution in [3.8, 4) is 17.1 Å². The van der Waals surface area contributed by atoms with Gasteiger partial charge in [0.05, 0.1) is 12.6 Å². The molecule has 0 aliphatic carbocycles. The first-order valence-electron chi connectivity index (χ1n) is 10.5. The lowest BCUT2D eigenvalue weighted by molar-refractivity contribution is 0.0929. The molecule has 2 heterocycles. The Morgan fingerprint density at radius 2 is 1.87 bits per heavy atom. The van der Waals surface area contributed by atoms with Crippen LogP contribution in [0.3, 0.4) is 0 Å². The van der Waals surface area contributed by atoms with Gasteiger partial charge in [0.1, 0.15) is 5.75 Å². The number of carbonyl (C=O) groups excluding carboxylic acids is 1. The Bertz CT molecular complexity index is 947. The lowest BCUT2D eigenvalue weighted by atomic mass is 10.1. The average Bonchev–Trinajstić information content (AvgIpc) is 3.48. The number of nitrogens with one attached hydrogen (secondary N) is 1. The normalized spacial score (nSPS) is 15.1. The lowest BCUT2D eigenvalue weighted by Gasteiger charge is -2.28. The predicted octanol–water partition coefficient (Wildman–Crippen LogP) is 4.31. The number of likely N-dealkylation sites (tertiary alicyclic amines) is 1. The fourth-order valence-corrected chi connectivity index (χ4v) is 3.86. The highest BCUT2D eigenvalue weighted by Crippen LogP contribution is 2.26. The number of rotatable bonds is 8. The maximum atomic E-state index is 12.7. The van der Waals surface area contributed by atoms with E-state index in [9.17, 15) is 4.79 Å². The second-order valence-corrected chi connectivity index (χ2v) is 7.41. The molecule has 6 heteroatoms. The van der Waals surface area contributed by atoms with Crippen molar-refractivity contribution in [3.63, 3.8) is 0 Å². The molecule has 1 saturated heterocycles. The molecule has 1 N–H and O–H groups in total. The van der Waals surface area contributed by atoms with Gasteiger partial charge in [-0.3, -0.25) is 9.69 Å². The molecule has 6 nitrogen and oxygen atoms in total. The summed E-state index contributed by atoms with van der Waals surface area (Å²) in [5.41, 5.74) is 2.36. The summed E-state index contributed by atoms with van der Waals surface area (Å²) in [4.78, 5) is 15.1. The largest absolute Gasteiger partial charge is 0.494 e. The number of hydrogen-bond donors (Lipinski definition) is 1. The number of amides is 1. The fourth-order valence-electron chi connectivity index (χ4n) is 3.86. The summed E-state index contributed by atoms with van der Waals surface area (Å²) in [6, 6.07) is 19.6. The van der Waals surface area contributed by atoms with Gasteiger partial charge in [0.15, 0.2) is 11.5 Å². The number of aromatic nitrogens is 1. The van der Waals surface area contributed by atoms with Crippen molar-refractivity contribution in [2.24, 2.45) is 0 Å². The van der Waals surface area contributed by atoms with Gasteiger partial charge >= 0.3 is 0 Å². The number of benzene rings is 2. The van der Waals surface area contributed by atoms with Gasteiger partial charge in [-0.05, 0) is 50.6 Å². The van der Waals surface area contributed by atoms with E-state index in [4.69, 9.17) is 9.26 Å². The van der Waals surface area contributed by atoms with Crippen LogP contribution in [0.2, 0.25) is 0 Å². The van der Waals surface area contributed by atoms with Crippen molar-refractivity contribution in [2.45, 2.75) is 25.8 Å². The molecule has 30 heavy (non-hydrogen) atoms. The molecule has 1 fully saturated rings. The second kappa shape index (κ2) is 9.59. The molecule has 1 atom stereocenters. The number of nitrogens with zero attached hydrogens (tertiary/aromatic N) is 2. The zero-order valence-corrected chi connectivity index (χ0v) is 17.2. The van der Waals surface area contributed by atoms with Crippen molar-refractivity contribution in [3.05, 3.63) is 71.9 Å². The van der Waals surface area contributed by atoms with Crippen LogP contribution in [0.15, 0.2) is 65.2 Å². The maximum absolute atomic E-state index is 12.7. The fraction of sp³-hybridized carbons (Fsp3) is 0.333. The molecule has 0 spiro atoms. The van der Waals surface area contributed by atoms with Gasteiger partial charge in [-0.25, -0.2) is 0 Å². The maximum Gasteiger partial charge on any atom is 0.273 e. The van der Waals surface area contributed by atoms with Gasteiger partial charge in [0.2, 0.25) is 0 Å². The van der Waals surface area contributed by atoms with Crippen LogP contribution in [0.1, 0.15) is 41.9 Å². The van der Waals surface area contributed by atoms with Crippen LogP contribution in [0.5, 0.6) is 5.75 Å². The summed E-state index contributed by atoms with van der Waals surface area (Å²) in [5, 5.41) is 7.00. The van der Waals surface area contributed by atoms with Gasteiger partial charge in [0.25, 0.3) is 5.91 Å². The van der Waals surface area contributed by atoms with E-state index in [0.29, 0.717) is 24.6 Å². The Balaban J connectivity index is 1.44. The van der Waals surface area contributed by atoms with E-state index < -0.39 is 0 Å². The molecule has 0 radical (unpaired) electrons. The number of carbonyl (C=O) groups is 1. The van der Waals surface area contributed by atoms with Crippen molar-refractivity contribution in [1.82, 2.24) is 15.4 Å². The smallest absolute Gasteiger partial charge is 0.273 e. The first-order chi connectivity index (χ1) is 14.7. The van der Waals surface area contributed by atoms with Gasteiger partial charge in [-0.1, -0.05) is 47.6 Å². The van der Waals surface area contributed by atoms with E-state index in [1.807, 2.05) is 49.4 Å². The van der Waals surface area contributed by atoms with Crippen molar-refractivity contribution in [2.75, 3.05) is 26.2 Å².